The highest BCUT2D eigenvalue weighted by molar-refractivity contribution is 9.09. The molecule has 2 aromatic rings. The molecule has 2 unspecified atom stereocenters. The molecule has 2 atom stereocenters. The first kappa shape index (κ1) is 22.4. The fourth-order valence-electron chi connectivity index (χ4n) is 2.30. The summed E-state index contributed by atoms with van der Waals surface area (Å²) in [7, 11) is -2.14. The van der Waals surface area contributed by atoms with Gasteiger partial charge in [0.1, 0.15) is 0 Å². The largest absolute Gasteiger partial charge is 0.760 e. The van der Waals surface area contributed by atoms with Crippen LogP contribution < -0.4 is 9.15 Å². The molecule has 0 radical (unpaired) electrons. The summed E-state index contributed by atoms with van der Waals surface area (Å²) in [4.78, 5) is -0.471. The van der Waals surface area contributed by atoms with Gasteiger partial charge < -0.3 is 18.5 Å². The number of furan rings is 1. The van der Waals surface area contributed by atoms with Gasteiger partial charge in [-0.2, -0.15) is 0 Å². The van der Waals surface area contributed by atoms with Gasteiger partial charge in [-0.15, -0.1) is 0 Å². The van der Waals surface area contributed by atoms with Crippen LogP contribution in [0.5, 0.6) is 11.5 Å². The summed E-state index contributed by atoms with van der Waals surface area (Å²) in [6.07, 6.45) is 0.320. The number of hydrogen-bond acceptors (Lipinski definition) is 5. The predicted molar refractivity (Wildman–Crippen MR) is 108 cm³/mol. The van der Waals surface area contributed by atoms with E-state index >= 15 is 0 Å². The van der Waals surface area contributed by atoms with Crippen LogP contribution in [-0.2, 0) is 11.3 Å². The van der Waals surface area contributed by atoms with Crippen molar-refractivity contribution in [2.24, 2.45) is 0 Å². The molecular weight excluding hydrogens is 481 g/mol. The minimum atomic E-state index is -2.38. The van der Waals surface area contributed by atoms with Crippen molar-refractivity contribution in [3.8, 4) is 22.8 Å². The summed E-state index contributed by atoms with van der Waals surface area (Å²) in [6.45, 7) is 5.91. The third kappa shape index (κ3) is 5.78. The second-order valence-electron chi connectivity index (χ2n) is 6.67. The van der Waals surface area contributed by atoms with Crippen LogP contribution in [0.15, 0.2) is 22.6 Å². The normalized spacial score (nSPS) is 14.2. The second-order valence-corrected chi connectivity index (χ2v) is 13.4. The Kier molecular flexibility index (Phi) is 7.51. The van der Waals surface area contributed by atoms with Crippen molar-refractivity contribution in [1.29, 1.82) is 0 Å². The first-order valence-electron chi connectivity index (χ1n) is 7.97. The molecule has 0 bridgehead atoms. The minimum absolute atomic E-state index is 0.00478. The summed E-state index contributed by atoms with van der Waals surface area (Å²) in [5, 5.41) is 10.6. The topological polar surface area (TPSA) is 94.8 Å². The molecule has 27 heavy (non-hydrogen) atoms. The van der Waals surface area contributed by atoms with Crippen molar-refractivity contribution in [2.45, 2.75) is 30.9 Å². The molecule has 0 saturated heterocycles. The lowest BCUT2D eigenvalue weighted by Crippen LogP contribution is -2.29. The zero-order valence-corrected chi connectivity index (χ0v) is 19.0. The first-order chi connectivity index (χ1) is 12.5. The Hall–Kier alpha value is -0.913. The van der Waals surface area contributed by atoms with Gasteiger partial charge in [-0.05, 0) is 38.2 Å². The number of halogens is 3. The Bertz CT molecular complexity index is 845. The molecule has 150 valence electrons. The third-order valence-corrected chi connectivity index (χ3v) is 5.79. The fourth-order valence-corrected chi connectivity index (χ4v) is 4.10. The molecule has 0 saturated carbocycles. The van der Waals surface area contributed by atoms with E-state index in [1.165, 1.54) is 12.1 Å². The third-order valence-electron chi connectivity index (χ3n) is 3.37. The van der Waals surface area contributed by atoms with Crippen LogP contribution in [0.25, 0.3) is 11.3 Å². The van der Waals surface area contributed by atoms with Crippen molar-refractivity contribution in [1.82, 2.24) is 4.72 Å². The van der Waals surface area contributed by atoms with Crippen LogP contribution >= 0.6 is 27.5 Å². The van der Waals surface area contributed by atoms with Crippen LogP contribution in [0.4, 0.5) is 4.39 Å². The number of nitrogens with one attached hydrogen (secondary N) is 1. The SMILES string of the molecule is C[Si](C)(C)Oc1c(C(Br)CCNS(=O)[O-])oc(-c2cccc(Cl)c2F)c1O. The molecule has 0 amide bonds. The molecule has 0 spiro atoms. The summed E-state index contributed by atoms with van der Waals surface area (Å²) in [5.41, 5.74) is 0.00478. The van der Waals surface area contributed by atoms with Gasteiger partial charge >= 0.3 is 0 Å². The Morgan fingerprint density at radius 2 is 2.15 bits per heavy atom. The maximum absolute atomic E-state index is 14.4. The van der Waals surface area contributed by atoms with Gasteiger partial charge in [0.2, 0.25) is 14.1 Å². The van der Waals surface area contributed by atoms with E-state index in [-0.39, 0.29) is 40.2 Å². The molecule has 1 aromatic heterocycles. The molecule has 0 aliphatic heterocycles. The molecule has 0 aliphatic rings. The van der Waals surface area contributed by atoms with Crippen molar-refractivity contribution in [2.75, 3.05) is 6.54 Å². The lowest BCUT2D eigenvalue weighted by atomic mass is 10.1. The zero-order chi connectivity index (χ0) is 20.4. The van der Waals surface area contributed by atoms with Crippen molar-refractivity contribution in [3.05, 3.63) is 34.8 Å². The molecular formula is C16H19BrClFNO5SSi-. The van der Waals surface area contributed by atoms with E-state index in [4.69, 9.17) is 20.4 Å². The average molecular weight is 500 g/mol. The van der Waals surface area contributed by atoms with E-state index in [0.29, 0.717) is 6.42 Å². The van der Waals surface area contributed by atoms with Crippen molar-refractivity contribution < 1.29 is 27.1 Å². The van der Waals surface area contributed by atoms with Crippen LogP contribution in [0.2, 0.25) is 24.7 Å². The van der Waals surface area contributed by atoms with E-state index in [2.05, 4.69) is 20.7 Å². The van der Waals surface area contributed by atoms with Gasteiger partial charge in [-0.25, -0.2) is 9.11 Å². The van der Waals surface area contributed by atoms with Crippen molar-refractivity contribution >= 4 is 47.1 Å². The molecule has 2 rings (SSSR count). The van der Waals surface area contributed by atoms with E-state index in [1.807, 2.05) is 19.6 Å². The van der Waals surface area contributed by atoms with Crippen LogP contribution in [0.1, 0.15) is 17.0 Å². The van der Waals surface area contributed by atoms with Gasteiger partial charge in [0, 0.05) is 17.8 Å². The second kappa shape index (κ2) is 9.06. The summed E-state index contributed by atoms with van der Waals surface area (Å²) in [5.74, 6) is -0.762. The number of alkyl halides is 1. The minimum Gasteiger partial charge on any atom is -0.760 e. The highest BCUT2D eigenvalue weighted by Gasteiger charge is 2.31. The molecule has 11 heteroatoms. The molecule has 2 N–H and O–H groups in total. The quantitative estimate of drug-likeness (QED) is 0.307. The summed E-state index contributed by atoms with van der Waals surface area (Å²) < 4.78 is 49.6. The lowest BCUT2D eigenvalue weighted by molar-refractivity contribution is 0.438. The zero-order valence-electron chi connectivity index (χ0n) is 14.8. The Morgan fingerprint density at radius 1 is 1.48 bits per heavy atom. The van der Waals surface area contributed by atoms with Gasteiger partial charge in [-0.3, -0.25) is 4.21 Å². The van der Waals surface area contributed by atoms with Gasteiger partial charge in [0.05, 0.1) is 15.4 Å². The Balaban J connectivity index is 2.48. The molecule has 1 aromatic carbocycles. The Labute approximate surface area is 173 Å². The molecule has 0 fully saturated rings. The molecule has 1 heterocycles. The predicted octanol–water partition coefficient (Wildman–Crippen LogP) is 4.87. The summed E-state index contributed by atoms with van der Waals surface area (Å²) in [6, 6.07) is 4.37. The summed E-state index contributed by atoms with van der Waals surface area (Å²) >= 11 is 6.86. The first-order valence-corrected chi connectivity index (χ1v) is 13.7. The van der Waals surface area contributed by atoms with Gasteiger partial charge in [-0.1, -0.05) is 33.6 Å². The maximum atomic E-state index is 14.4. The fraction of sp³-hybridized carbons (Fsp3) is 0.375. The van der Waals surface area contributed by atoms with E-state index in [0.717, 1.165) is 0 Å². The standard InChI is InChI=1S/C16H20BrClFNO5SSi/c1-27(2,3)25-16-13(21)14(9-5-4-6-11(18)12(9)19)24-15(16)10(17)7-8-20-26(22)23/h4-6,10,20-21H,7-8H2,1-3H3,(H,22,23)/p-1. The lowest BCUT2D eigenvalue weighted by Gasteiger charge is -2.20. The Morgan fingerprint density at radius 3 is 2.74 bits per heavy atom. The highest BCUT2D eigenvalue weighted by Crippen LogP contribution is 2.49. The van der Waals surface area contributed by atoms with E-state index < -0.39 is 30.2 Å². The monoisotopic (exact) mass is 498 g/mol. The number of aromatic hydroxyl groups is 1. The van der Waals surface area contributed by atoms with Crippen LogP contribution in [-0.4, -0.2) is 28.7 Å². The van der Waals surface area contributed by atoms with Gasteiger partial charge in [0.25, 0.3) is 0 Å². The number of benzene rings is 1. The van der Waals surface area contributed by atoms with Gasteiger partial charge in [0.15, 0.2) is 23.1 Å². The maximum Gasteiger partial charge on any atom is 0.242 e. The number of rotatable bonds is 8. The van der Waals surface area contributed by atoms with Crippen molar-refractivity contribution in [3.63, 3.8) is 0 Å². The molecule has 0 aliphatic carbocycles. The average Bonchev–Trinajstić information content (AvgIpc) is 2.85. The van der Waals surface area contributed by atoms with E-state index in [9.17, 15) is 18.3 Å². The van der Waals surface area contributed by atoms with Crippen LogP contribution in [0.3, 0.4) is 0 Å². The highest BCUT2D eigenvalue weighted by atomic mass is 79.9. The molecule has 6 nitrogen and oxygen atoms in total. The smallest absolute Gasteiger partial charge is 0.242 e. The number of hydrogen-bond donors (Lipinski definition) is 2. The van der Waals surface area contributed by atoms with Crippen LogP contribution in [0, 0.1) is 5.82 Å². The van der Waals surface area contributed by atoms with E-state index in [1.54, 1.807) is 6.07 Å².